The number of rotatable bonds is 3. The fourth-order valence-corrected chi connectivity index (χ4v) is 2.21. The summed E-state index contributed by atoms with van der Waals surface area (Å²) >= 11 is 0. The van der Waals surface area contributed by atoms with Crippen LogP contribution < -0.4 is 11.2 Å². The summed E-state index contributed by atoms with van der Waals surface area (Å²) in [7, 11) is 0. The van der Waals surface area contributed by atoms with E-state index in [1.807, 2.05) is 37.7 Å². The Bertz CT molecular complexity index is 966. The van der Waals surface area contributed by atoms with E-state index in [2.05, 4.69) is 25.3 Å². The lowest BCUT2D eigenvalue weighted by Gasteiger charge is -2.06. The predicted molar refractivity (Wildman–Crippen MR) is 85.1 cm³/mol. The average Bonchev–Trinajstić information content (AvgIpc) is 2.98. The molecule has 118 valence electrons. The third-order valence-corrected chi connectivity index (χ3v) is 3.49. The fourth-order valence-electron chi connectivity index (χ4n) is 2.21. The molecule has 0 radical (unpaired) electrons. The Hall–Kier alpha value is -3.03. The Morgan fingerprint density at radius 3 is 2.57 bits per heavy atom. The first-order valence-electron chi connectivity index (χ1n) is 7.18. The molecular weight excluding hydrogens is 296 g/mol. The van der Waals surface area contributed by atoms with Gasteiger partial charge in [0.25, 0.3) is 5.56 Å². The summed E-state index contributed by atoms with van der Waals surface area (Å²) in [4.78, 5) is 27.6. The first-order valence-corrected chi connectivity index (χ1v) is 7.18. The van der Waals surface area contributed by atoms with Gasteiger partial charge in [-0.2, -0.15) is 10.2 Å². The van der Waals surface area contributed by atoms with E-state index in [-0.39, 0.29) is 11.6 Å². The van der Waals surface area contributed by atoms with Gasteiger partial charge >= 0.3 is 5.69 Å². The highest BCUT2D eigenvalue weighted by molar-refractivity contribution is 5.68. The molecule has 0 atom stereocenters. The van der Waals surface area contributed by atoms with Crippen LogP contribution in [0.25, 0.3) is 22.5 Å². The van der Waals surface area contributed by atoms with Gasteiger partial charge < -0.3 is 4.98 Å². The van der Waals surface area contributed by atoms with Crippen molar-refractivity contribution in [1.29, 1.82) is 0 Å². The van der Waals surface area contributed by atoms with Crippen LogP contribution in [0.15, 0.2) is 34.1 Å². The minimum absolute atomic E-state index is 0.250. The van der Waals surface area contributed by atoms with Crippen molar-refractivity contribution in [2.45, 2.75) is 26.8 Å². The molecule has 0 amide bonds. The lowest BCUT2D eigenvalue weighted by molar-refractivity contribution is 0.534. The Morgan fingerprint density at radius 1 is 1.13 bits per heavy atom. The highest BCUT2D eigenvalue weighted by Crippen LogP contribution is 2.24. The van der Waals surface area contributed by atoms with Crippen molar-refractivity contribution < 1.29 is 0 Å². The zero-order valence-corrected chi connectivity index (χ0v) is 13.0. The summed E-state index contributed by atoms with van der Waals surface area (Å²) in [5, 5.41) is 12.7. The van der Waals surface area contributed by atoms with Gasteiger partial charge in [-0.05, 0) is 32.9 Å². The van der Waals surface area contributed by atoms with Gasteiger partial charge in [0, 0.05) is 24.0 Å². The van der Waals surface area contributed by atoms with Crippen molar-refractivity contribution in [3.8, 4) is 22.5 Å². The molecule has 0 aliphatic heterocycles. The van der Waals surface area contributed by atoms with Crippen LogP contribution in [0.4, 0.5) is 0 Å². The molecule has 8 heteroatoms. The summed E-state index contributed by atoms with van der Waals surface area (Å²) in [6.45, 7) is 5.91. The average molecular weight is 312 g/mol. The normalized spacial score (nSPS) is 11.1. The Balaban J connectivity index is 2.12. The fraction of sp³-hybridized carbons (Fsp3) is 0.267. The summed E-state index contributed by atoms with van der Waals surface area (Å²) in [6, 6.07) is 3.89. The smallest absolute Gasteiger partial charge is 0.313 e. The molecule has 23 heavy (non-hydrogen) atoms. The first-order chi connectivity index (χ1) is 11.0. The second-order valence-corrected chi connectivity index (χ2v) is 5.49. The molecule has 0 saturated heterocycles. The van der Waals surface area contributed by atoms with Crippen LogP contribution in [-0.4, -0.2) is 29.9 Å². The van der Waals surface area contributed by atoms with Crippen LogP contribution >= 0.6 is 0 Å². The molecule has 0 aromatic carbocycles. The maximum atomic E-state index is 11.9. The molecule has 0 saturated carbocycles. The molecular formula is C15H16N6O2. The van der Waals surface area contributed by atoms with Crippen molar-refractivity contribution >= 4 is 0 Å². The van der Waals surface area contributed by atoms with Crippen molar-refractivity contribution in [2.24, 2.45) is 0 Å². The largest absolute Gasteiger partial charge is 0.325 e. The van der Waals surface area contributed by atoms with E-state index in [1.165, 1.54) is 6.20 Å². The summed E-state index contributed by atoms with van der Waals surface area (Å²) in [5.74, 6) is 0. The third-order valence-electron chi connectivity index (χ3n) is 3.49. The Labute approximate surface area is 131 Å². The Kier molecular flexibility index (Phi) is 3.65. The molecule has 3 heterocycles. The molecule has 0 aliphatic rings. The molecule has 0 bridgehead atoms. The van der Waals surface area contributed by atoms with Crippen molar-refractivity contribution in [3.63, 3.8) is 0 Å². The number of hydrogen-bond donors (Lipinski definition) is 2. The lowest BCUT2D eigenvalue weighted by Crippen LogP contribution is -2.22. The van der Waals surface area contributed by atoms with Gasteiger partial charge in [-0.3, -0.25) is 14.5 Å². The van der Waals surface area contributed by atoms with Crippen LogP contribution in [0.2, 0.25) is 0 Å². The number of aromatic nitrogens is 6. The van der Waals surface area contributed by atoms with Crippen LogP contribution in [0, 0.1) is 6.92 Å². The number of aromatic amines is 2. The Morgan fingerprint density at radius 2 is 1.91 bits per heavy atom. The van der Waals surface area contributed by atoms with E-state index in [9.17, 15) is 9.59 Å². The molecule has 0 fully saturated rings. The summed E-state index contributed by atoms with van der Waals surface area (Å²) in [6.07, 6.45) is 3.23. The van der Waals surface area contributed by atoms with Crippen LogP contribution in [0.5, 0.6) is 0 Å². The van der Waals surface area contributed by atoms with Gasteiger partial charge in [-0.1, -0.05) is 0 Å². The van der Waals surface area contributed by atoms with E-state index in [1.54, 1.807) is 6.07 Å². The molecule has 3 aromatic heterocycles. The van der Waals surface area contributed by atoms with Crippen LogP contribution in [0.3, 0.4) is 0 Å². The van der Waals surface area contributed by atoms with Gasteiger partial charge in [-0.25, -0.2) is 4.79 Å². The summed E-state index contributed by atoms with van der Waals surface area (Å²) in [5.41, 5.74) is 1.82. The maximum absolute atomic E-state index is 11.9. The zero-order valence-electron chi connectivity index (χ0n) is 13.0. The molecule has 3 rings (SSSR count). The van der Waals surface area contributed by atoms with Crippen LogP contribution in [0.1, 0.15) is 25.6 Å². The SMILES string of the molecule is Cc1nnc(-c2c[nH]c(=O)[nH]c2=O)cc1-c1ccn(C(C)C)n1. The number of aryl methyl sites for hydroxylation is 1. The summed E-state index contributed by atoms with van der Waals surface area (Å²) < 4.78 is 1.85. The van der Waals surface area contributed by atoms with Crippen LogP contribution in [-0.2, 0) is 0 Å². The molecule has 3 aromatic rings. The predicted octanol–water partition coefficient (Wildman–Crippen LogP) is 1.27. The first kappa shape index (κ1) is 14.9. The van der Waals surface area contributed by atoms with E-state index < -0.39 is 11.2 Å². The molecule has 0 unspecified atom stereocenters. The quantitative estimate of drug-likeness (QED) is 0.757. The minimum Gasteiger partial charge on any atom is -0.313 e. The molecule has 8 nitrogen and oxygen atoms in total. The van der Waals surface area contributed by atoms with Crippen molar-refractivity contribution in [3.05, 3.63) is 51.1 Å². The topological polar surface area (TPSA) is 109 Å². The lowest BCUT2D eigenvalue weighted by atomic mass is 10.1. The molecule has 0 aliphatic carbocycles. The highest BCUT2D eigenvalue weighted by atomic mass is 16.2. The van der Waals surface area contributed by atoms with Gasteiger partial charge in [0.05, 0.1) is 17.0 Å². The standard InChI is InChI=1S/C15H16N6O2/c1-8(2)21-5-4-12(20-21)10-6-13(19-18-9(10)3)11-7-16-15(23)17-14(11)22/h4-8H,1-3H3,(H2,16,17,22,23). The number of nitrogens with zero attached hydrogens (tertiary/aromatic N) is 4. The van der Waals surface area contributed by atoms with E-state index in [0.29, 0.717) is 11.4 Å². The van der Waals surface area contributed by atoms with E-state index in [4.69, 9.17) is 0 Å². The second-order valence-electron chi connectivity index (χ2n) is 5.49. The van der Waals surface area contributed by atoms with Gasteiger partial charge in [0.15, 0.2) is 0 Å². The third kappa shape index (κ3) is 2.83. The van der Waals surface area contributed by atoms with Gasteiger partial charge in [-0.15, -0.1) is 5.10 Å². The van der Waals surface area contributed by atoms with Crippen molar-refractivity contribution in [1.82, 2.24) is 29.9 Å². The van der Waals surface area contributed by atoms with E-state index in [0.717, 1.165) is 11.3 Å². The zero-order chi connectivity index (χ0) is 16.6. The maximum Gasteiger partial charge on any atom is 0.325 e. The monoisotopic (exact) mass is 312 g/mol. The highest BCUT2D eigenvalue weighted by Gasteiger charge is 2.13. The number of H-pyrrole nitrogens is 2. The van der Waals surface area contributed by atoms with Gasteiger partial charge in [0.1, 0.15) is 5.69 Å². The van der Waals surface area contributed by atoms with Gasteiger partial charge in [0.2, 0.25) is 0 Å². The minimum atomic E-state index is -0.560. The second kappa shape index (κ2) is 5.64. The molecule has 0 spiro atoms. The van der Waals surface area contributed by atoms with E-state index >= 15 is 0 Å². The number of hydrogen-bond acceptors (Lipinski definition) is 5. The molecule has 2 N–H and O–H groups in total. The number of nitrogens with one attached hydrogen (secondary N) is 2. The van der Waals surface area contributed by atoms with Crippen molar-refractivity contribution in [2.75, 3.05) is 0 Å².